The monoisotopic (exact) mass is 216 g/mol. The van der Waals surface area contributed by atoms with Crippen molar-refractivity contribution in [2.24, 2.45) is 11.7 Å². The van der Waals surface area contributed by atoms with E-state index in [2.05, 4.69) is 0 Å². The molecule has 0 aliphatic rings. The molecule has 15 heavy (non-hydrogen) atoms. The number of aliphatic hydroxyl groups is 1. The molecule has 0 radical (unpaired) electrons. The number of hydrogen-bond donors (Lipinski definition) is 2. The number of nitrogens with zero attached hydrogens (tertiary/aromatic N) is 1. The molecule has 4 nitrogen and oxygen atoms in total. The van der Waals surface area contributed by atoms with Crippen molar-refractivity contribution in [2.45, 2.75) is 46.3 Å². The van der Waals surface area contributed by atoms with Crippen LogP contribution >= 0.6 is 0 Å². The highest BCUT2D eigenvalue weighted by Gasteiger charge is 2.26. The molecule has 4 heteroatoms. The van der Waals surface area contributed by atoms with Gasteiger partial charge in [-0.25, -0.2) is 0 Å². The molecule has 0 spiro atoms. The molecule has 0 rings (SSSR count). The standard InChI is InChI=1S/C11H24N2O2/c1-6-13(7-11(4,5)15)10(14)9(12)8(2)3/h8-9,15H,6-7,12H2,1-5H3/t9-/m0/s1. The maximum atomic E-state index is 11.9. The predicted octanol–water partition coefficient (Wildman–Crippen LogP) is 0.589. The second-order valence-corrected chi connectivity index (χ2v) is 4.93. The number of rotatable bonds is 5. The molecule has 0 heterocycles. The fourth-order valence-corrected chi connectivity index (χ4v) is 1.31. The number of nitrogens with two attached hydrogens (primary N) is 1. The first kappa shape index (κ1) is 14.4. The summed E-state index contributed by atoms with van der Waals surface area (Å²) in [6.45, 7) is 9.98. The molecule has 0 fully saturated rings. The second kappa shape index (κ2) is 5.47. The third-order valence-electron chi connectivity index (χ3n) is 2.27. The zero-order valence-electron chi connectivity index (χ0n) is 10.4. The molecular weight excluding hydrogens is 192 g/mol. The highest BCUT2D eigenvalue weighted by Crippen LogP contribution is 2.09. The first-order valence-electron chi connectivity index (χ1n) is 5.45. The van der Waals surface area contributed by atoms with E-state index in [4.69, 9.17) is 5.73 Å². The van der Waals surface area contributed by atoms with Gasteiger partial charge in [0.15, 0.2) is 0 Å². The predicted molar refractivity (Wildman–Crippen MR) is 61.4 cm³/mol. The number of hydrogen-bond acceptors (Lipinski definition) is 3. The molecular formula is C11H24N2O2. The minimum atomic E-state index is -0.873. The Kier molecular flexibility index (Phi) is 5.24. The summed E-state index contributed by atoms with van der Waals surface area (Å²) in [6.07, 6.45) is 0. The lowest BCUT2D eigenvalue weighted by molar-refractivity contribution is -0.136. The van der Waals surface area contributed by atoms with Crippen molar-refractivity contribution in [2.75, 3.05) is 13.1 Å². The van der Waals surface area contributed by atoms with Crippen LogP contribution in [0.4, 0.5) is 0 Å². The lowest BCUT2D eigenvalue weighted by atomic mass is 10.0. The minimum absolute atomic E-state index is 0.0883. The molecule has 0 aliphatic heterocycles. The van der Waals surface area contributed by atoms with Gasteiger partial charge in [-0.3, -0.25) is 4.79 Å². The van der Waals surface area contributed by atoms with Crippen LogP contribution in [0, 0.1) is 5.92 Å². The van der Waals surface area contributed by atoms with Crippen LogP contribution in [-0.2, 0) is 4.79 Å². The minimum Gasteiger partial charge on any atom is -0.389 e. The van der Waals surface area contributed by atoms with Crippen LogP contribution in [0.25, 0.3) is 0 Å². The molecule has 1 amide bonds. The fraction of sp³-hybridized carbons (Fsp3) is 0.909. The van der Waals surface area contributed by atoms with Crippen molar-refractivity contribution in [1.82, 2.24) is 4.90 Å². The first-order chi connectivity index (χ1) is 6.69. The molecule has 0 saturated carbocycles. The summed E-state index contributed by atoms with van der Waals surface area (Å²) >= 11 is 0. The van der Waals surface area contributed by atoms with E-state index in [-0.39, 0.29) is 11.8 Å². The van der Waals surface area contributed by atoms with Crippen LogP contribution in [0.1, 0.15) is 34.6 Å². The second-order valence-electron chi connectivity index (χ2n) is 4.93. The third-order valence-corrected chi connectivity index (χ3v) is 2.27. The van der Waals surface area contributed by atoms with Gasteiger partial charge in [0.1, 0.15) is 0 Å². The Balaban J connectivity index is 4.48. The van der Waals surface area contributed by atoms with Crippen molar-refractivity contribution >= 4 is 5.91 Å². The zero-order valence-corrected chi connectivity index (χ0v) is 10.4. The SMILES string of the molecule is CCN(CC(C)(C)O)C(=O)[C@@H](N)C(C)C. The summed E-state index contributed by atoms with van der Waals surface area (Å²) in [5.41, 5.74) is 4.91. The molecule has 1 atom stereocenters. The molecule has 0 unspecified atom stereocenters. The molecule has 0 saturated heterocycles. The molecule has 3 N–H and O–H groups in total. The Morgan fingerprint density at radius 1 is 1.47 bits per heavy atom. The van der Waals surface area contributed by atoms with Gasteiger partial charge in [-0.15, -0.1) is 0 Å². The van der Waals surface area contributed by atoms with E-state index < -0.39 is 11.6 Å². The van der Waals surface area contributed by atoms with Crippen LogP contribution < -0.4 is 5.73 Å². The topological polar surface area (TPSA) is 66.6 Å². The summed E-state index contributed by atoms with van der Waals surface area (Å²) < 4.78 is 0. The van der Waals surface area contributed by atoms with Gasteiger partial charge in [-0.1, -0.05) is 13.8 Å². The molecule has 0 aliphatic carbocycles. The fourth-order valence-electron chi connectivity index (χ4n) is 1.31. The van der Waals surface area contributed by atoms with E-state index in [1.54, 1.807) is 18.7 Å². The van der Waals surface area contributed by atoms with Gasteiger partial charge in [0.2, 0.25) is 5.91 Å². The molecule has 0 aromatic heterocycles. The van der Waals surface area contributed by atoms with Crippen LogP contribution in [0.15, 0.2) is 0 Å². The largest absolute Gasteiger partial charge is 0.389 e. The average molecular weight is 216 g/mol. The quantitative estimate of drug-likeness (QED) is 0.707. The van der Waals surface area contributed by atoms with Gasteiger partial charge < -0.3 is 15.7 Å². The van der Waals surface area contributed by atoms with Crippen LogP contribution in [0.3, 0.4) is 0 Å². The normalized spacial score (nSPS) is 14.1. The summed E-state index contributed by atoms with van der Waals surface area (Å²) in [5.74, 6) is 0.0305. The van der Waals surface area contributed by atoms with Crippen molar-refractivity contribution in [3.05, 3.63) is 0 Å². The van der Waals surface area contributed by atoms with Gasteiger partial charge >= 0.3 is 0 Å². The van der Waals surface area contributed by atoms with Crippen molar-refractivity contribution in [1.29, 1.82) is 0 Å². The number of carbonyl (C=O) groups excluding carboxylic acids is 1. The molecule has 90 valence electrons. The molecule has 0 aromatic carbocycles. The summed E-state index contributed by atoms with van der Waals surface area (Å²) in [6, 6.07) is -0.479. The molecule has 0 bridgehead atoms. The van der Waals surface area contributed by atoms with Gasteiger partial charge in [-0.2, -0.15) is 0 Å². The van der Waals surface area contributed by atoms with Gasteiger partial charge in [0.05, 0.1) is 11.6 Å². The summed E-state index contributed by atoms with van der Waals surface area (Å²) in [5, 5.41) is 9.65. The van der Waals surface area contributed by atoms with Crippen LogP contribution in [0.2, 0.25) is 0 Å². The number of likely N-dealkylation sites (N-methyl/N-ethyl adjacent to an activating group) is 1. The van der Waals surface area contributed by atoms with E-state index in [1.165, 1.54) is 0 Å². The summed E-state index contributed by atoms with van der Waals surface area (Å²) in [7, 11) is 0. The van der Waals surface area contributed by atoms with Crippen LogP contribution in [0.5, 0.6) is 0 Å². The van der Waals surface area contributed by atoms with Crippen LogP contribution in [-0.4, -0.2) is 40.6 Å². The lowest BCUT2D eigenvalue weighted by Gasteiger charge is -2.31. The number of carbonyl (C=O) groups is 1. The van der Waals surface area contributed by atoms with E-state index in [0.717, 1.165) is 0 Å². The zero-order chi connectivity index (χ0) is 12.2. The highest BCUT2D eigenvalue weighted by molar-refractivity contribution is 5.81. The lowest BCUT2D eigenvalue weighted by Crippen LogP contribution is -2.50. The molecule has 0 aromatic rings. The van der Waals surface area contributed by atoms with Crippen molar-refractivity contribution in [3.63, 3.8) is 0 Å². The number of amides is 1. The Labute approximate surface area is 92.4 Å². The average Bonchev–Trinajstić information content (AvgIpc) is 2.10. The first-order valence-corrected chi connectivity index (χ1v) is 5.45. The van der Waals surface area contributed by atoms with Crippen molar-refractivity contribution in [3.8, 4) is 0 Å². The van der Waals surface area contributed by atoms with E-state index in [0.29, 0.717) is 13.1 Å². The summed E-state index contributed by atoms with van der Waals surface area (Å²) in [4.78, 5) is 13.5. The van der Waals surface area contributed by atoms with Gasteiger partial charge in [-0.05, 0) is 26.7 Å². The Morgan fingerprint density at radius 2 is 1.93 bits per heavy atom. The Hall–Kier alpha value is -0.610. The van der Waals surface area contributed by atoms with Gasteiger partial charge in [0, 0.05) is 13.1 Å². The van der Waals surface area contributed by atoms with Gasteiger partial charge in [0.25, 0.3) is 0 Å². The van der Waals surface area contributed by atoms with Crippen molar-refractivity contribution < 1.29 is 9.90 Å². The van der Waals surface area contributed by atoms with E-state index in [9.17, 15) is 9.90 Å². The highest BCUT2D eigenvalue weighted by atomic mass is 16.3. The Morgan fingerprint density at radius 3 is 2.20 bits per heavy atom. The maximum absolute atomic E-state index is 11.9. The smallest absolute Gasteiger partial charge is 0.239 e. The van der Waals surface area contributed by atoms with E-state index >= 15 is 0 Å². The maximum Gasteiger partial charge on any atom is 0.239 e. The third kappa shape index (κ3) is 5.14. The van der Waals surface area contributed by atoms with E-state index in [1.807, 2.05) is 20.8 Å². The Bertz CT molecular complexity index is 209.